The van der Waals surface area contributed by atoms with Crippen molar-refractivity contribution in [3.05, 3.63) is 61.8 Å². The highest BCUT2D eigenvalue weighted by molar-refractivity contribution is 5.85. The molecule has 0 aliphatic carbocycles. The number of nitrogens with zero attached hydrogens (tertiary/aromatic N) is 2. The second kappa shape index (κ2) is 5.14. The van der Waals surface area contributed by atoms with E-state index in [2.05, 4.69) is 9.97 Å². The second-order valence-electron chi connectivity index (χ2n) is 6.84. The molecular formula is C19H15N3O5. The lowest BCUT2D eigenvalue weighted by Gasteiger charge is -2.31. The Hall–Kier alpha value is -3.26. The van der Waals surface area contributed by atoms with Crippen LogP contribution in [-0.4, -0.2) is 25.6 Å². The van der Waals surface area contributed by atoms with E-state index in [1.165, 1.54) is 6.20 Å². The maximum atomic E-state index is 13.0. The first-order valence-electron chi connectivity index (χ1n) is 8.62. The number of esters is 1. The molecule has 0 saturated heterocycles. The Kier molecular flexibility index (Phi) is 3.04. The van der Waals surface area contributed by atoms with Crippen molar-refractivity contribution in [2.75, 3.05) is 0 Å². The van der Waals surface area contributed by atoms with Gasteiger partial charge in [-0.25, -0.2) is 9.78 Å². The van der Waals surface area contributed by atoms with Crippen LogP contribution in [0.15, 0.2) is 34.0 Å². The number of hydrogen-bond acceptors (Lipinski definition) is 6. The van der Waals surface area contributed by atoms with Crippen LogP contribution in [0.4, 0.5) is 0 Å². The fourth-order valence-corrected chi connectivity index (χ4v) is 3.92. The molecule has 0 saturated carbocycles. The van der Waals surface area contributed by atoms with Crippen LogP contribution in [0, 0.1) is 0 Å². The second-order valence-corrected chi connectivity index (χ2v) is 6.84. The van der Waals surface area contributed by atoms with Crippen LogP contribution >= 0.6 is 0 Å². The van der Waals surface area contributed by atoms with Crippen LogP contribution in [0.2, 0.25) is 0 Å². The summed E-state index contributed by atoms with van der Waals surface area (Å²) in [5.41, 5.74) is 0.493. The quantitative estimate of drug-likeness (QED) is 0.482. The molecule has 0 spiro atoms. The number of hydrogen-bond donors (Lipinski definition) is 2. The Morgan fingerprint density at radius 1 is 1.33 bits per heavy atom. The van der Waals surface area contributed by atoms with Gasteiger partial charge in [0.15, 0.2) is 5.60 Å². The number of ether oxygens (including phenoxy) is 1. The molecule has 0 aromatic carbocycles. The number of aliphatic hydroxyl groups is 1. The molecule has 0 fully saturated rings. The van der Waals surface area contributed by atoms with Gasteiger partial charge in [-0.2, -0.15) is 0 Å². The normalized spacial score (nSPS) is 20.1. The van der Waals surface area contributed by atoms with Gasteiger partial charge in [0, 0.05) is 17.3 Å². The summed E-state index contributed by atoms with van der Waals surface area (Å²) >= 11 is 0. The number of fused-ring (bicyclic) bond motifs is 5. The number of nitrogens with one attached hydrogen (secondary N) is 1. The Bertz CT molecular complexity index is 1270. The van der Waals surface area contributed by atoms with E-state index in [-0.39, 0.29) is 41.8 Å². The Morgan fingerprint density at radius 2 is 2.15 bits per heavy atom. The maximum Gasteiger partial charge on any atom is 0.343 e. The predicted molar refractivity (Wildman–Crippen MR) is 95.1 cm³/mol. The van der Waals surface area contributed by atoms with Gasteiger partial charge in [0.1, 0.15) is 6.61 Å². The topological polar surface area (TPSA) is 114 Å². The van der Waals surface area contributed by atoms with Crippen molar-refractivity contribution >= 4 is 16.9 Å². The lowest BCUT2D eigenvalue weighted by atomic mass is 9.86. The number of rotatable bonds is 1. The number of pyridine rings is 3. The fraction of sp³-hybridized carbons (Fsp3) is 0.263. The fourth-order valence-electron chi connectivity index (χ4n) is 3.92. The molecule has 5 rings (SSSR count). The van der Waals surface area contributed by atoms with Crippen molar-refractivity contribution in [3.63, 3.8) is 0 Å². The van der Waals surface area contributed by atoms with E-state index in [4.69, 9.17) is 4.74 Å². The summed E-state index contributed by atoms with van der Waals surface area (Å²) < 4.78 is 6.58. The molecular weight excluding hydrogens is 350 g/mol. The summed E-state index contributed by atoms with van der Waals surface area (Å²) in [6.07, 6.45) is 1.61. The lowest BCUT2D eigenvalue weighted by Crippen LogP contribution is -2.44. The summed E-state index contributed by atoms with van der Waals surface area (Å²) in [5.74, 6) is -0.752. The first-order chi connectivity index (χ1) is 12.9. The molecule has 0 amide bonds. The van der Waals surface area contributed by atoms with Crippen molar-refractivity contribution in [2.24, 2.45) is 0 Å². The molecule has 3 aromatic heterocycles. The van der Waals surface area contributed by atoms with Crippen molar-refractivity contribution in [2.45, 2.75) is 32.1 Å². The van der Waals surface area contributed by atoms with E-state index in [0.29, 0.717) is 22.3 Å². The highest BCUT2D eigenvalue weighted by atomic mass is 16.6. The molecule has 2 aliphatic heterocycles. The van der Waals surface area contributed by atoms with Crippen molar-refractivity contribution in [1.82, 2.24) is 14.5 Å². The third-order valence-corrected chi connectivity index (χ3v) is 5.45. The molecule has 1 atom stereocenters. The van der Waals surface area contributed by atoms with Gasteiger partial charge < -0.3 is 19.4 Å². The van der Waals surface area contributed by atoms with Crippen LogP contribution in [0.3, 0.4) is 0 Å². The standard InChI is InChI=1S/C19H15N3O5/c1-2-19(26)12-6-14-15-9(5-10-13(21-15)3-4-20-16(10)23)7-22(14)17(24)11(12)8-27-18(19)25/h3-6,26H,2,7-8H2,1H3,(H,20,23)/t19-/m0/s1. The minimum absolute atomic E-state index is 0.0924. The highest BCUT2D eigenvalue weighted by Gasteiger charge is 2.45. The SMILES string of the molecule is CC[C@@]1(O)C(=O)OCc2c1cc1n(c2=O)Cc2cc3c(=O)[nH]ccc3nc2-1. The molecule has 27 heavy (non-hydrogen) atoms. The zero-order valence-electron chi connectivity index (χ0n) is 14.4. The molecule has 8 nitrogen and oxygen atoms in total. The number of H-pyrrole nitrogens is 1. The van der Waals surface area contributed by atoms with Gasteiger partial charge in [-0.15, -0.1) is 0 Å². The molecule has 2 N–H and O–H groups in total. The first-order valence-corrected chi connectivity index (χ1v) is 8.62. The molecule has 2 aliphatic rings. The molecule has 136 valence electrons. The van der Waals surface area contributed by atoms with Crippen LogP contribution in [-0.2, 0) is 28.3 Å². The smallest absolute Gasteiger partial charge is 0.343 e. The van der Waals surface area contributed by atoms with E-state index in [9.17, 15) is 19.5 Å². The van der Waals surface area contributed by atoms with Gasteiger partial charge in [-0.05, 0) is 24.6 Å². The average Bonchev–Trinajstić information content (AvgIpc) is 3.02. The largest absolute Gasteiger partial charge is 0.458 e. The Labute approximate surface area is 152 Å². The molecule has 8 heteroatoms. The van der Waals surface area contributed by atoms with Gasteiger partial charge in [-0.3, -0.25) is 9.59 Å². The Balaban J connectivity index is 1.82. The van der Waals surface area contributed by atoms with Gasteiger partial charge in [0.05, 0.1) is 34.4 Å². The summed E-state index contributed by atoms with van der Waals surface area (Å²) in [6, 6.07) is 5.07. The number of aromatic amines is 1. The van der Waals surface area contributed by atoms with E-state index in [1.807, 2.05) is 0 Å². The molecule has 5 heterocycles. The zero-order chi connectivity index (χ0) is 18.9. The maximum absolute atomic E-state index is 13.0. The van der Waals surface area contributed by atoms with Crippen LogP contribution in [0.25, 0.3) is 22.3 Å². The Morgan fingerprint density at radius 3 is 2.93 bits per heavy atom. The van der Waals surface area contributed by atoms with E-state index in [1.54, 1.807) is 29.7 Å². The monoisotopic (exact) mass is 365 g/mol. The minimum Gasteiger partial charge on any atom is -0.458 e. The van der Waals surface area contributed by atoms with Gasteiger partial charge >= 0.3 is 5.97 Å². The predicted octanol–water partition coefficient (Wildman–Crippen LogP) is 0.768. The third kappa shape index (κ3) is 1.95. The lowest BCUT2D eigenvalue weighted by molar-refractivity contribution is -0.172. The first kappa shape index (κ1) is 16.0. The number of carbonyl (C=O) groups is 1. The average molecular weight is 365 g/mol. The highest BCUT2D eigenvalue weighted by Crippen LogP contribution is 2.38. The number of carbonyl (C=O) groups excluding carboxylic acids is 1. The molecule has 3 aromatic rings. The van der Waals surface area contributed by atoms with Crippen molar-refractivity contribution < 1.29 is 14.6 Å². The third-order valence-electron chi connectivity index (χ3n) is 5.45. The summed E-state index contributed by atoms with van der Waals surface area (Å²) in [4.78, 5) is 44.4. The van der Waals surface area contributed by atoms with Gasteiger partial charge in [0.2, 0.25) is 0 Å². The van der Waals surface area contributed by atoms with E-state index < -0.39 is 11.6 Å². The summed E-state index contributed by atoms with van der Waals surface area (Å²) in [6.45, 7) is 1.76. The van der Waals surface area contributed by atoms with Gasteiger partial charge in [0.25, 0.3) is 11.1 Å². The number of aromatic nitrogens is 3. The molecule has 0 radical (unpaired) electrons. The van der Waals surface area contributed by atoms with Crippen LogP contribution < -0.4 is 11.1 Å². The van der Waals surface area contributed by atoms with Crippen LogP contribution in [0.5, 0.6) is 0 Å². The van der Waals surface area contributed by atoms with Gasteiger partial charge in [-0.1, -0.05) is 6.92 Å². The molecule has 0 unspecified atom stereocenters. The van der Waals surface area contributed by atoms with E-state index in [0.717, 1.165) is 5.56 Å². The van der Waals surface area contributed by atoms with Crippen molar-refractivity contribution in [3.8, 4) is 11.4 Å². The minimum atomic E-state index is -1.85. The van der Waals surface area contributed by atoms with E-state index >= 15 is 0 Å². The molecule has 0 bridgehead atoms. The summed E-state index contributed by atoms with van der Waals surface area (Å²) in [5, 5.41) is 11.3. The number of cyclic esters (lactones) is 1. The van der Waals surface area contributed by atoms with Crippen molar-refractivity contribution in [1.29, 1.82) is 0 Å². The zero-order valence-corrected chi connectivity index (χ0v) is 14.4. The van der Waals surface area contributed by atoms with Crippen LogP contribution in [0.1, 0.15) is 30.0 Å². The summed E-state index contributed by atoms with van der Waals surface area (Å²) in [7, 11) is 0.